The van der Waals surface area contributed by atoms with Crippen molar-refractivity contribution in [2.24, 2.45) is 0 Å². The van der Waals surface area contributed by atoms with Crippen molar-refractivity contribution in [3.8, 4) is 0 Å². The van der Waals surface area contributed by atoms with E-state index in [2.05, 4.69) is 0 Å². The van der Waals surface area contributed by atoms with Crippen LogP contribution in [0.4, 0.5) is 0 Å². The van der Waals surface area contributed by atoms with Crippen LogP contribution in [0.5, 0.6) is 0 Å². The monoisotopic (exact) mass is 324 g/mol. The van der Waals surface area contributed by atoms with E-state index in [0.29, 0.717) is 13.2 Å². The molecule has 2 aromatic rings. The Bertz CT molecular complexity index is 528. The lowest BCUT2D eigenvalue weighted by Gasteiger charge is -2.33. The molecular formula is C17H21ClO2S. The molecule has 21 heavy (non-hydrogen) atoms. The van der Waals surface area contributed by atoms with E-state index in [1.54, 1.807) is 11.3 Å². The Balaban J connectivity index is 2.47. The Morgan fingerprint density at radius 2 is 1.71 bits per heavy atom. The van der Waals surface area contributed by atoms with Crippen molar-refractivity contribution < 1.29 is 9.47 Å². The zero-order valence-electron chi connectivity index (χ0n) is 12.6. The molecule has 0 saturated carbocycles. The second-order valence-electron chi connectivity index (χ2n) is 4.70. The van der Waals surface area contributed by atoms with E-state index in [1.807, 2.05) is 62.5 Å². The molecule has 0 amide bonds. The fraction of sp³-hybridized carbons (Fsp3) is 0.412. The van der Waals surface area contributed by atoms with Crippen molar-refractivity contribution in [1.82, 2.24) is 0 Å². The van der Waals surface area contributed by atoms with Crippen LogP contribution in [-0.2, 0) is 15.3 Å². The summed E-state index contributed by atoms with van der Waals surface area (Å²) in [5, 5.41) is 2.03. The van der Waals surface area contributed by atoms with Gasteiger partial charge in [0.05, 0.1) is 10.3 Å². The number of hydrogen-bond donors (Lipinski definition) is 0. The summed E-state index contributed by atoms with van der Waals surface area (Å²) < 4.78 is 12.1. The predicted molar refractivity (Wildman–Crippen MR) is 89.1 cm³/mol. The average Bonchev–Trinajstić information content (AvgIpc) is 3.01. The minimum atomic E-state index is -0.828. The van der Waals surface area contributed by atoms with Crippen molar-refractivity contribution in [1.29, 1.82) is 0 Å². The SMILES string of the molecule is CCOC(OCC)(c1ccc(C(C)Cl)cc1)c1cccs1. The molecule has 0 aliphatic heterocycles. The fourth-order valence-corrected chi connectivity index (χ4v) is 3.33. The highest BCUT2D eigenvalue weighted by Gasteiger charge is 2.37. The summed E-state index contributed by atoms with van der Waals surface area (Å²) in [5.74, 6) is -0.828. The zero-order valence-corrected chi connectivity index (χ0v) is 14.2. The highest BCUT2D eigenvalue weighted by molar-refractivity contribution is 7.10. The summed E-state index contributed by atoms with van der Waals surface area (Å²) in [7, 11) is 0. The van der Waals surface area contributed by atoms with E-state index in [-0.39, 0.29) is 5.38 Å². The quantitative estimate of drug-likeness (QED) is 0.506. The van der Waals surface area contributed by atoms with E-state index >= 15 is 0 Å². The number of rotatable bonds is 7. The summed E-state index contributed by atoms with van der Waals surface area (Å²) in [6.07, 6.45) is 0. The molecule has 0 aliphatic rings. The first-order valence-electron chi connectivity index (χ1n) is 7.20. The van der Waals surface area contributed by atoms with Gasteiger partial charge in [-0.15, -0.1) is 22.9 Å². The van der Waals surface area contributed by atoms with Gasteiger partial charge in [0.15, 0.2) is 0 Å². The van der Waals surface area contributed by atoms with Crippen LogP contribution in [0.2, 0.25) is 0 Å². The molecular weight excluding hydrogens is 304 g/mol. The second kappa shape index (κ2) is 7.41. The minimum absolute atomic E-state index is 0.00521. The molecule has 1 unspecified atom stereocenters. The van der Waals surface area contributed by atoms with Gasteiger partial charge in [-0.25, -0.2) is 0 Å². The van der Waals surface area contributed by atoms with E-state index in [4.69, 9.17) is 21.1 Å². The third-order valence-electron chi connectivity index (χ3n) is 3.29. The highest BCUT2D eigenvalue weighted by atomic mass is 35.5. The third-order valence-corrected chi connectivity index (χ3v) is 4.49. The summed E-state index contributed by atoms with van der Waals surface area (Å²) in [6, 6.07) is 12.2. The normalized spacial score (nSPS) is 13.3. The molecule has 2 rings (SSSR count). The molecule has 1 atom stereocenters. The van der Waals surface area contributed by atoms with Gasteiger partial charge in [0.1, 0.15) is 0 Å². The van der Waals surface area contributed by atoms with Crippen molar-refractivity contribution in [2.75, 3.05) is 13.2 Å². The first-order chi connectivity index (χ1) is 10.1. The number of benzene rings is 1. The van der Waals surface area contributed by atoms with Crippen molar-refractivity contribution >= 4 is 22.9 Å². The van der Waals surface area contributed by atoms with Crippen LogP contribution >= 0.6 is 22.9 Å². The van der Waals surface area contributed by atoms with Crippen LogP contribution < -0.4 is 0 Å². The lowest BCUT2D eigenvalue weighted by Crippen LogP contribution is -2.34. The first-order valence-corrected chi connectivity index (χ1v) is 8.52. The van der Waals surface area contributed by atoms with Gasteiger partial charge < -0.3 is 9.47 Å². The molecule has 0 spiro atoms. The summed E-state index contributed by atoms with van der Waals surface area (Å²) >= 11 is 7.77. The Hall–Kier alpha value is -0.870. The molecule has 0 radical (unpaired) electrons. The standard InChI is InChI=1S/C17H21ClO2S/c1-4-19-17(20-5-2,16-7-6-12-21-16)15-10-8-14(9-11-15)13(3)18/h6-13H,4-5H2,1-3H3. The minimum Gasteiger partial charge on any atom is -0.342 e. The molecule has 4 heteroatoms. The van der Waals surface area contributed by atoms with Crippen molar-refractivity contribution in [3.63, 3.8) is 0 Å². The van der Waals surface area contributed by atoms with Crippen molar-refractivity contribution in [2.45, 2.75) is 31.9 Å². The second-order valence-corrected chi connectivity index (χ2v) is 6.30. The van der Waals surface area contributed by atoms with Crippen LogP contribution in [0.3, 0.4) is 0 Å². The van der Waals surface area contributed by atoms with Gasteiger partial charge in [-0.1, -0.05) is 30.3 Å². The van der Waals surface area contributed by atoms with Gasteiger partial charge in [0.25, 0.3) is 0 Å². The molecule has 1 heterocycles. The van der Waals surface area contributed by atoms with Gasteiger partial charge in [-0.05, 0) is 37.8 Å². The zero-order chi connectivity index (χ0) is 15.3. The summed E-state index contributed by atoms with van der Waals surface area (Å²) in [4.78, 5) is 1.05. The van der Waals surface area contributed by atoms with Crippen molar-refractivity contribution in [3.05, 3.63) is 57.8 Å². The molecule has 0 aliphatic carbocycles. The van der Waals surface area contributed by atoms with Crippen LogP contribution in [-0.4, -0.2) is 13.2 Å². The maximum Gasteiger partial charge on any atom is 0.231 e. The lowest BCUT2D eigenvalue weighted by atomic mass is 10.0. The predicted octanol–water partition coefficient (Wildman–Crippen LogP) is 5.32. The molecule has 0 fully saturated rings. The van der Waals surface area contributed by atoms with Crippen LogP contribution in [0, 0.1) is 0 Å². The number of thiophene rings is 1. The average molecular weight is 325 g/mol. The Labute approximate surface area is 135 Å². The Kier molecular flexibility index (Phi) is 5.82. The maximum absolute atomic E-state index is 6.13. The fourth-order valence-electron chi connectivity index (χ4n) is 2.33. The smallest absolute Gasteiger partial charge is 0.231 e. The van der Waals surface area contributed by atoms with Crippen LogP contribution in [0.15, 0.2) is 41.8 Å². The van der Waals surface area contributed by atoms with E-state index in [1.165, 1.54) is 0 Å². The number of ether oxygens (including phenoxy) is 2. The lowest BCUT2D eigenvalue weighted by molar-refractivity contribution is -0.210. The van der Waals surface area contributed by atoms with E-state index in [9.17, 15) is 0 Å². The molecule has 2 nitrogen and oxygen atoms in total. The number of hydrogen-bond acceptors (Lipinski definition) is 3. The molecule has 0 bridgehead atoms. The maximum atomic E-state index is 6.13. The van der Waals surface area contributed by atoms with Gasteiger partial charge in [0, 0.05) is 18.8 Å². The summed E-state index contributed by atoms with van der Waals surface area (Å²) in [6.45, 7) is 7.08. The van der Waals surface area contributed by atoms with E-state index < -0.39 is 5.79 Å². The van der Waals surface area contributed by atoms with E-state index in [0.717, 1.165) is 16.0 Å². The Morgan fingerprint density at radius 3 is 2.14 bits per heavy atom. The third kappa shape index (κ3) is 3.49. The largest absolute Gasteiger partial charge is 0.342 e. The van der Waals surface area contributed by atoms with Gasteiger partial charge in [-0.3, -0.25) is 0 Å². The topological polar surface area (TPSA) is 18.5 Å². The van der Waals surface area contributed by atoms with Gasteiger partial charge in [0.2, 0.25) is 5.79 Å². The highest BCUT2D eigenvalue weighted by Crippen LogP contribution is 2.38. The first kappa shape index (κ1) is 16.5. The van der Waals surface area contributed by atoms with Gasteiger partial charge in [-0.2, -0.15) is 0 Å². The molecule has 0 N–H and O–H groups in total. The molecule has 114 valence electrons. The number of alkyl halides is 1. The molecule has 0 saturated heterocycles. The Morgan fingerprint density at radius 1 is 1.10 bits per heavy atom. The summed E-state index contributed by atoms with van der Waals surface area (Å²) in [5.41, 5.74) is 2.09. The molecule has 1 aromatic heterocycles. The van der Waals surface area contributed by atoms with Crippen LogP contribution in [0.25, 0.3) is 0 Å². The molecule has 1 aromatic carbocycles. The van der Waals surface area contributed by atoms with Crippen LogP contribution in [0.1, 0.15) is 42.2 Å². The number of halogens is 1. The van der Waals surface area contributed by atoms with Gasteiger partial charge >= 0.3 is 0 Å².